The van der Waals surface area contributed by atoms with Crippen LogP contribution in [0.4, 0.5) is 5.69 Å². The van der Waals surface area contributed by atoms with Gasteiger partial charge in [0.1, 0.15) is 5.75 Å². The molecule has 0 saturated carbocycles. The third kappa shape index (κ3) is 3.56. The summed E-state index contributed by atoms with van der Waals surface area (Å²) < 4.78 is 5.49. The zero-order valence-electron chi connectivity index (χ0n) is 13.0. The Balaban J connectivity index is 2.24. The Bertz CT molecular complexity index is 566. The minimum Gasteiger partial charge on any atom is -0.494 e. The van der Waals surface area contributed by atoms with E-state index < -0.39 is 0 Å². The number of hydrogen-bond donors (Lipinski definition) is 1. The Morgan fingerprint density at radius 2 is 1.76 bits per heavy atom. The summed E-state index contributed by atoms with van der Waals surface area (Å²) in [4.78, 5) is 2.24. The van der Waals surface area contributed by atoms with Gasteiger partial charge in [-0.3, -0.25) is 0 Å². The molecule has 0 saturated heterocycles. The SMILES string of the molecule is CCOc1ccc(C(CN)N(C)c2ccccc2C)cc1. The van der Waals surface area contributed by atoms with Crippen LogP contribution < -0.4 is 15.4 Å². The van der Waals surface area contributed by atoms with Crippen molar-refractivity contribution in [3.05, 3.63) is 59.7 Å². The lowest BCUT2D eigenvalue weighted by molar-refractivity contribution is 0.340. The molecule has 112 valence electrons. The molecule has 1 atom stereocenters. The summed E-state index contributed by atoms with van der Waals surface area (Å²) in [6.45, 7) is 5.36. The number of aryl methyl sites for hydroxylation is 1. The maximum atomic E-state index is 6.02. The molecule has 0 aliphatic carbocycles. The molecule has 0 fully saturated rings. The van der Waals surface area contributed by atoms with Crippen molar-refractivity contribution in [3.8, 4) is 5.75 Å². The first-order valence-corrected chi connectivity index (χ1v) is 7.38. The van der Waals surface area contributed by atoms with Crippen molar-refractivity contribution >= 4 is 5.69 Å². The van der Waals surface area contributed by atoms with E-state index in [0.29, 0.717) is 13.2 Å². The zero-order chi connectivity index (χ0) is 15.2. The maximum absolute atomic E-state index is 6.02. The van der Waals surface area contributed by atoms with E-state index in [1.54, 1.807) is 0 Å². The number of hydrogen-bond acceptors (Lipinski definition) is 3. The van der Waals surface area contributed by atoms with E-state index in [2.05, 4.69) is 55.3 Å². The minimum absolute atomic E-state index is 0.154. The van der Waals surface area contributed by atoms with Gasteiger partial charge in [-0.1, -0.05) is 30.3 Å². The summed E-state index contributed by atoms with van der Waals surface area (Å²) >= 11 is 0. The number of ether oxygens (including phenoxy) is 1. The molecule has 0 aliphatic rings. The predicted molar refractivity (Wildman–Crippen MR) is 89.0 cm³/mol. The average Bonchev–Trinajstić information content (AvgIpc) is 2.50. The first kappa shape index (κ1) is 15.4. The van der Waals surface area contributed by atoms with Crippen LogP contribution in [-0.2, 0) is 0 Å². The third-order valence-electron chi connectivity index (χ3n) is 3.76. The zero-order valence-corrected chi connectivity index (χ0v) is 13.0. The first-order valence-electron chi connectivity index (χ1n) is 7.38. The van der Waals surface area contributed by atoms with Gasteiger partial charge in [0.05, 0.1) is 12.6 Å². The van der Waals surface area contributed by atoms with Crippen molar-refractivity contribution in [2.24, 2.45) is 5.73 Å². The van der Waals surface area contributed by atoms with Crippen molar-refractivity contribution in [1.82, 2.24) is 0 Å². The Kier molecular flexibility index (Phi) is 5.23. The molecule has 2 aromatic rings. The fourth-order valence-corrected chi connectivity index (χ4v) is 2.60. The Morgan fingerprint density at radius 3 is 2.33 bits per heavy atom. The second kappa shape index (κ2) is 7.14. The fourth-order valence-electron chi connectivity index (χ4n) is 2.60. The van der Waals surface area contributed by atoms with E-state index in [-0.39, 0.29) is 6.04 Å². The third-order valence-corrected chi connectivity index (χ3v) is 3.76. The van der Waals surface area contributed by atoms with Crippen LogP contribution in [-0.4, -0.2) is 20.2 Å². The lowest BCUT2D eigenvalue weighted by Gasteiger charge is -2.30. The van der Waals surface area contributed by atoms with E-state index >= 15 is 0 Å². The van der Waals surface area contributed by atoms with Gasteiger partial charge >= 0.3 is 0 Å². The summed E-state index contributed by atoms with van der Waals surface area (Å²) in [5, 5.41) is 0. The van der Waals surface area contributed by atoms with Gasteiger partial charge in [-0.25, -0.2) is 0 Å². The standard InChI is InChI=1S/C18H24N2O/c1-4-21-16-11-9-15(10-12-16)18(13-19)20(3)17-8-6-5-7-14(17)2/h5-12,18H,4,13,19H2,1-3H3. The second-order valence-electron chi connectivity index (χ2n) is 5.15. The van der Waals surface area contributed by atoms with Crippen molar-refractivity contribution in [2.45, 2.75) is 19.9 Å². The smallest absolute Gasteiger partial charge is 0.119 e. The van der Waals surface area contributed by atoms with E-state index in [1.807, 2.05) is 19.1 Å². The highest BCUT2D eigenvalue weighted by Gasteiger charge is 2.17. The van der Waals surface area contributed by atoms with E-state index in [1.165, 1.54) is 16.8 Å². The Labute approximate surface area is 127 Å². The molecule has 0 aromatic heterocycles. The highest BCUT2D eigenvalue weighted by molar-refractivity contribution is 5.54. The quantitative estimate of drug-likeness (QED) is 0.882. The van der Waals surface area contributed by atoms with E-state index in [9.17, 15) is 0 Å². The Morgan fingerprint density at radius 1 is 1.10 bits per heavy atom. The highest BCUT2D eigenvalue weighted by Crippen LogP contribution is 2.28. The molecule has 0 spiro atoms. The molecule has 2 rings (SSSR count). The molecule has 0 aliphatic heterocycles. The highest BCUT2D eigenvalue weighted by atomic mass is 16.5. The average molecular weight is 284 g/mol. The van der Waals surface area contributed by atoms with Crippen LogP contribution in [0.2, 0.25) is 0 Å². The summed E-state index contributed by atoms with van der Waals surface area (Å²) in [5.41, 5.74) is 9.68. The normalized spacial score (nSPS) is 12.0. The number of anilines is 1. The fraction of sp³-hybridized carbons (Fsp3) is 0.333. The molecule has 0 amide bonds. The lowest BCUT2D eigenvalue weighted by Crippen LogP contribution is -2.30. The van der Waals surface area contributed by atoms with Crippen LogP contribution in [0.5, 0.6) is 5.75 Å². The van der Waals surface area contributed by atoms with Gasteiger partial charge in [0.25, 0.3) is 0 Å². The maximum Gasteiger partial charge on any atom is 0.119 e. The lowest BCUT2D eigenvalue weighted by atomic mass is 10.0. The second-order valence-corrected chi connectivity index (χ2v) is 5.15. The molecule has 21 heavy (non-hydrogen) atoms. The number of rotatable bonds is 6. The molecular weight excluding hydrogens is 260 g/mol. The molecule has 0 heterocycles. The molecule has 0 bridgehead atoms. The molecular formula is C18H24N2O. The van der Waals surface area contributed by atoms with Crippen LogP contribution in [0.15, 0.2) is 48.5 Å². The topological polar surface area (TPSA) is 38.5 Å². The van der Waals surface area contributed by atoms with Crippen molar-refractivity contribution < 1.29 is 4.74 Å². The summed E-state index contributed by atoms with van der Waals surface area (Å²) in [6, 6.07) is 16.7. The van der Waals surface area contributed by atoms with Gasteiger partial charge in [0.2, 0.25) is 0 Å². The largest absolute Gasteiger partial charge is 0.494 e. The number of benzene rings is 2. The summed E-state index contributed by atoms with van der Waals surface area (Å²) in [5.74, 6) is 0.899. The Hall–Kier alpha value is -2.00. The van der Waals surface area contributed by atoms with E-state index in [4.69, 9.17) is 10.5 Å². The van der Waals surface area contributed by atoms with Crippen molar-refractivity contribution in [1.29, 1.82) is 0 Å². The number of para-hydroxylation sites is 1. The molecule has 2 aromatic carbocycles. The molecule has 2 N–H and O–H groups in total. The number of nitrogens with zero attached hydrogens (tertiary/aromatic N) is 1. The van der Waals surface area contributed by atoms with Crippen LogP contribution in [0, 0.1) is 6.92 Å². The molecule has 0 radical (unpaired) electrons. The summed E-state index contributed by atoms with van der Waals surface area (Å²) in [7, 11) is 2.09. The molecule has 1 unspecified atom stereocenters. The number of likely N-dealkylation sites (N-methyl/N-ethyl adjacent to an activating group) is 1. The van der Waals surface area contributed by atoms with Gasteiger partial charge in [-0.15, -0.1) is 0 Å². The predicted octanol–water partition coefficient (Wildman–Crippen LogP) is 3.53. The minimum atomic E-state index is 0.154. The van der Waals surface area contributed by atoms with Crippen LogP contribution >= 0.6 is 0 Å². The number of nitrogens with two attached hydrogens (primary N) is 1. The van der Waals surface area contributed by atoms with Gasteiger partial charge < -0.3 is 15.4 Å². The monoisotopic (exact) mass is 284 g/mol. The van der Waals surface area contributed by atoms with Gasteiger partial charge in [0.15, 0.2) is 0 Å². The van der Waals surface area contributed by atoms with Crippen molar-refractivity contribution in [3.63, 3.8) is 0 Å². The van der Waals surface area contributed by atoms with Gasteiger partial charge in [-0.2, -0.15) is 0 Å². The summed E-state index contributed by atoms with van der Waals surface area (Å²) in [6.07, 6.45) is 0. The van der Waals surface area contributed by atoms with Crippen LogP contribution in [0.25, 0.3) is 0 Å². The van der Waals surface area contributed by atoms with Crippen LogP contribution in [0.1, 0.15) is 24.1 Å². The van der Waals surface area contributed by atoms with Crippen LogP contribution in [0.3, 0.4) is 0 Å². The molecule has 3 nitrogen and oxygen atoms in total. The molecule has 3 heteroatoms. The van der Waals surface area contributed by atoms with E-state index in [0.717, 1.165) is 5.75 Å². The van der Waals surface area contributed by atoms with Gasteiger partial charge in [-0.05, 0) is 43.2 Å². The van der Waals surface area contributed by atoms with Gasteiger partial charge in [0, 0.05) is 19.3 Å². The first-order chi connectivity index (χ1) is 10.2. The van der Waals surface area contributed by atoms with Crippen molar-refractivity contribution in [2.75, 3.05) is 25.1 Å².